The van der Waals surface area contributed by atoms with Gasteiger partial charge in [0, 0.05) is 17.5 Å². The zero-order valence-electron chi connectivity index (χ0n) is 15.6. The van der Waals surface area contributed by atoms with Gasteiger partial charge in [-0.1, -0.05) is 0 Å². The number of carbonyl (C=O) groups excluding carboxylic acids is 1. The Kier molecular flexibility index (Phi) is 4.57. The summed E-state index contributed by atoms with van der Waals surface area (Å²) in [6, 6.07) is 9.06. The number of anilines is 1. The molecule has 0 atom stereocenters. The van der Waals surface area contributed by atoms with Gasteiger partial charge in [0.25, 0.3) is 5.91 Å². The van der Waals surface area contributed by atoms with Gasteiger partial charge < -0.3 is 10.4 Å². The number of aromatic nitrogens is 4. The first-order valence-electron chi connectivity index (χ1n) is 8.42. The van der Waals surface area contributed by atoms with E-state index in [1.807, 2.05) is 36.7 Å². The second-order valence-electron chi connectivity index (χ2n) is 6.88. The molecule has 0 saturated carbocycles. The maximum atomic E-state index is 12.4. The number of rotatable bonds is 5. The topological polar surface area (TPSA) is 102 Å². The number of hydrogen-bond donors (Lipinski definition) is 2. The zero-order valence-corrected chi connectivity index (χ0v) is 15.6. The molecule has 2 N–H and O–H groups in total. The fourth-order valence-electron chi connectivity index (χ4n) is 2.64. The maximum Gasteiger partial charge on any atom is 0.331 e. The molecule has 1 aromatic carbocycles. The summed E-state index contributed by atoms with van der Waals surface area (Å²) in [5, 5.41) is 20.4. The minimum atomic E-state index is -1.20. The Hall–Kier alpha value is -3.42. The van der Waals surface area contributed by atoms with Gasteiger partial charge in [-0.2, -0.15) is 10.2 Å². The molecule has 2 aromatic heterocycles. The highest BCUT2D eigenvalue weighted by molar-refractivity contribution is 6.04. The van der Waals surface area contributed by atoms with Crippen LogP contribution in [0.1, 0.15) is 35.6 Å². The van der Waals surface area contributed by atoms with E-state index in [1.165, 1.54) is 30.9 Å². The Labute approximate surface area is 156 Å². The molecular formula is C19H21N5O3. The SMILES string of the molecule is Cc1cc(C)n(-c2ccc(C(=O)Nc3cnn(C(C)(C)C(=O)O)c3)cc2)n1. The van der Waals surface area contributed by atoms with E-state index in [-0.39, 0.29) is 5.91 Å². The van der Waals surface area contributed by atoms with Gasteiger partial charge in [0.1, 0.15) is 0 Å². The van der Waals surface area contributed by atoms with Crippen LogP contribution < -0.4 is 5.32 Å². The standard InChI is InChI=1S/C19H21N5O3/c1-12-9-13(2)24(22-12)16-7-5-14(6-8-16)17(25)21-15-10-20-23(11-15)19(3,4)18(26)27/h5-11H,1-4H3,(H,21,25)(H,26,27). The van der Waals surface area contributed by atoms with Crippen LogP contribution in [-0.2, 0) is 10.3 Å². The summed E-state index contributed by atoms with van der Waals surface area (Å²) in [5.74, 6) is -1.31. The Bertz CT molecular complexity index is 999. The van der Waals surface area contributed by atoms with Crippen LogP contribution in [0.15, 0.2) is 42.7 Å². The van der Waals surface area contributed by atoms with Gasteiger partial charge in [0.15, 0.2) is 5.54 Å². The number of nitrogens with one attached hydrogen (secondary N) is 1. The Morgan fingerprint density at radius 2 is 1.81 bits per heavy atom. The number of nitrogens with zero attached hydrogens (tertiary/aromatic N) is 4. The smallest absolute Gasteiger partial charge is 0.331 e. The maximum absolute atomic E-state index is 12.4. The third kappa shape index (κ3) is 3.59. The van der Waals surface area contributed by atoms with Crippen LogP contribution >= 0.6 is 0 Å². The van der Waals surface area contributed by atoms with Gasteiger partial charge in [-0.05, 0) is 58.0 Å². The van der Waals surface area contributed by atoms with Crippen molar-refractivity contribution < 1.29 is 14.7 Å². The fraction of sp³-hybridized carbons (Fsp3) is 0.263. The Morgan fingerprint density at radius 1 is 1.15 bits per heavy atom. The lowest BCUT2D eigenvalue weighted by atomic mass is 10.1. The van der Waals surface area contributed by atoms with Crippen molar-refractivity contribution in [3.05, 3.63) is 59.7 Å². The highest BCUT2D eigenvalue weighted by atomic mass is 16.4. The van der Waals surface area contributed by atoms with Crippen LogP contribution in [0.4, 0.5) is 5.69 Å². The Morgan fingerprint density at radius 3 is 2.37 bits per heavy atom. The van der Waals surface area contributed by atoms with Crippen molar-refractivity contribution in [2.24, 2.45) is 0 Å². The molecule has 0 aliphatic carbocycles. The summed E-state index contributed by atoms with van der Waals surface area (Å²) in [7, 11) is 0. The van der Waals surface area contributed by atoms with Crippen LogP contribution in [0, 0.1) is 13.8 Å². The number of hydrogen-bond acceptors (Lipinski definition) is 4. The molecule has 0 aliphatic rings. The van der Waals surface area contributed by atoms with Gasteiger partial charge in [-0.3, -0.25) is 9.48 Å². The number of carboxylic acids is 1. The highest BCUT2D eigenvalue weighted by Crippen LogP contribution is 2.18. The van der Waals surface area contributed by atoms with Crippen molar-refractivity contribution in [2.45, 2.75) is 33.2 Å². The van der Waals surface area contributed by atoms with Crippen LogP contribution in [0.3, 0.4) is 0 Å². The van der Waals surface area contributed by atoms with E-state index in [0.717, 1.165) is 17.1 Å². The van der Waals surface area contributed by atoms with Crippen LogP contribution in [0.25, 0.3) is 5.69 Å². The molecule has 27 heavy (non-hydrogen) atoms. The van der Waals surface area contributed by atoms with Crippen molar-refractivity contribution in [1.82, 2.24) is 19.6 Å². The largest absolute Gasteiger partial charge is 0.479 e. The van der Waals surface area contributed by atoms with E-state index in [4.69, 9.17) is 0 Å². The van der Waals surface area contributed by atoms with Crippen molar-refractivity contribution in [3.8, 4) is 5.69 Å². The van der Waals surface area contributed by atoms with Gasteiger partial charge in [0.05, 0.1) is 23.3 Å². The first-order chi connectivity index (χ1) is 12.7. The molecule has 140 valence electrons. The summed E-state index contributed by atoms with van der Waals surface area (Å²) in [5.41, 5.74) is 2.51. The van der Waals surface area contributed by atoms with Crippen LogP contribution in [0.5, 0.6) is 0 Å². The van der Waals surface area contributed by atoms with Gasteiger partial charge in [-0.25, -0.2) is 9.48 Å². The van der Waals surface area contributed by atoms with Crippen molar-refractivity contribution in [2.75, 3.05) is 5.32 Å². The molecule has 0 aliphatic heterocycles. The summed E-state index contributed by atoms with van der Waals surface area (Å²) in [6.07, 6.45) is 2.92. The number of carboxylic acid groups (broad SMARTS) is 1. The molecule has 8 heteroatoms. The summed E-state index contributed by atoms with van der Waals surface area (Å²) >= 11 is 0. The number of amides is 1. The molecule has 0 saturated heterocycles. The van der Waals surface area contributed by atoms with Gasteiger partial charge in [0.2, 0.25) is 0 Å². The number of aliphatic carboxylic acids is 1. The molecule has 8 nitrogen and oxygen atoms in total. The van der Waals surface area contributed by atoms with Crippen molar-refractivity contribution in [1.29, 1.82) is 0 Å². The molecular weight excluding hydrogens is 346 g/mol. The summed E-state index contributed by atoms with van der Waals surface area (Å²) < 4.78 is 3.12. The van der Waals surface area contributed by atoms with E-state index in [0.29, 0.717) is 11.3 Å². The fourth-order valence-corrected chi connectivity index (χ4v) is 2.64. The predicted molar refractivity (Wildman–Crippen MR) is 100 cm³/mol. The van der Waals surface area contributed by atoms with E-state index >= 15 is 0 Å². The first-order valence-corrected chi connectivity index (χ1v) is 8.42. The molecule has 0 unspecified atom stereocenters. The number of carbonyl (C=O) groups is 2. The molecule has 3 aromatic rings. The van der Waals surface area contributed by atoms with E-state index in [2.05, 4.69) is 15.5 Å². The first kappa shape index (κ1) is 18.4. The molecule has 0 spiro atoms. The van der Waals surface area contributed by atoms with Gasteiger partial charge in [-0.15, -0.1) is 0 Å². The minimum absolute atomic E-state index is 0.303. The highest BCUT2D eigenvalue weighted by Gasteiger charge is 2.30. The van der Waals surface area contributed by atoms with Crippen molar-refractivity contribution in [3.63, 3.8) is 0 Å². The summed E-state index contributed by atoms with van der Waals surface area (Å²) in [4.78, 5) is 23.7. The molecule has 2 heterocycles. The van der Waals surface area contributed by atoms with Crippen LogP contribution in [-0.4, -0.2) is 36.5 Å². The van der Waals surface area contributed by atoms with Gasteiger partial charge >= 0.3 is 5.97 Å². The summed E-state index contributed by atoms with van der Waals surface area (Å²) in [6.45, 7) is 6.96. The molecule has 0 radical (unpaired) electrons. The molecule has 1 amide bonds. The third-order valence-corrected chi connectivity index (χ3v) is 4.32. The second kappa shape index (κ2) is 6.71. The predicted octanol–water partition coefficient (Wildman–Crippen LogP) is 2.76. The Balaban J connectivity index is 1.75. The quantitative estimate of drug-likeness (QED) is 0.722. The molecule has 3 rings (SSSR count). The van der Waals surface area contributed by atoms with E-state index in [9.17, 15) is 14.7 Å². The number of benzene rings is 1. The lowest BCUT2D eigenvalue weighted by Gasteiger charge is -2.19. The average molecular weight is 367 g/mol. The number of aryl methyl sites for hydroxylation is 2. The van der Waals surface area contributed by atoms with Crippen molar-refractivity contribution >= 4 is 17.6 Å². The molecule has 0 bridgehead atoms. The monoisotopic (exact) mass is 367 g/mol. The normalized spacial score (nSPS) is 11.4. The lowest BCUT2D eigenvalue weighted by Crippen LogP contribution is -2.35. The average Bonchev–Trinajstić information content (AvgIpc) is 3.21. The minimum Gasteiger partial charge on any atom is -0.479 e. The van der Waals surface area contributed by atoms with Crippen LogP contribution in [0.2, 0.25) is 0 Å². The zero-order chi connectivity index (χ0) is 19.8. The lowest BCUT2D eigenvalue weighted by molar-refractivity contribution is -0.146. The van der Waals surface area contributed by atoms with E-state index in [1.54, 1.807) is 12.1 Å². The van der Waals surface area contributed by atoms with E-state index < -0.39 is 11.5 Å². The third-order valence-electron chi connectivity index (χ3n) is 4.32. The molecule has 0 fully saturated rings. The second-order valence-corrected chi connectivity index (χ2v) is 6.88.